The second kappa shape index (κ2) is 3.86. The molecule has 0 spiro atoms. The van der Waals surface area contributed by atoms with E-state index < -0.39 is 0 Å². The lowest BCUT2D eigenvalue weighted by atomic mass is 10.1. The highest BCUT2D eigenvalue weighted by Gasteiger charge is 2.24. The molecule has 0 N–H and O–H groups in total. The molecule has 1 aromatic rings. The molecular weight excluding hydrogens is 169 g/mol. The van der Waals surface area contributed by atoms with Gasteiger partial charge in [-0.3, -0.25) is 0 Å². The molecule has 64 valence electrons. The number of fused-ring (bicyclic) bond motifs is 2. The average molecular weight is 181 g/mol. The maximum absolute atomic E-state index is 4.47. The van der Waals surface area contributed by atoms with Crippen LogP contribution in [-0.2, 0) is 0 Å². The molecule has 2 atom stereocenters. The van der Waals surface area contributed by atoms with E-state index in [1.165, 1.54) is 31.4 Å². The molecule has 3 heteroatoms. The molecule has 1 fully saturated rings. The van der Waals surface area contributed by atoms with Gasteiger partial charge in [0.15, 0.2) is 6.39 Å². The van der Waals surface area contributed by atoms with Crippen LogP contribution in [0.1, 0.15) is 6.42 Å². The van der Waals surface area contributed by atoms with Gasteiger partial charge >= 0.3 is 0 Å². The zero-order valence-electron chi connectivity index (χ0n) is 6.89. The molecule has 3 rings (SSSR count). The summed E-state index contributed by atoms with van der Waals surface area (Å²) in [5.74, 6) is 3.47. The Morgan fingerprint density at radius 3 is 2.67 bits per heavy atom. The number of nitrogens with zero attached hydrogens (tertiary/aromatic N) is 1. The molecule has 0 saturated carbocycles. The van der Waals surface area contributed by atoms with Gasteiger partial charge in [-0.2, -0.15) is 0 Å². The maximum atomic E-state index is 4.47. The van der Waals surface area contributed by atoms with E-state index >= 15 is 0 Å². The van der Waals surface area contributed by atoms with E-state index in [-0.39, 0.29) is 0 Å². The Morgan fingerprint density at radius 2 is 2.50 bits per heavy atom. The van der Waals surface area contributed by atoms with Gasteiger partial charge in [-0.1, -0.05) is 19.8 Å². The van der Waals surface area contributed by atoms with Crippen molar-refractivity contribution in [1.82, 2.24) is 4.98 Å². The molecule has 1 aromatic heterocycles. The average Bonchev–Trinajstić information content (AvgIpc) is 2.86. The van der Waals surface area contributed by atoms with E-state index in [2.05, 4.69) is 21.3 Å². The van der Waals surface area contributed by atoms with Crippen molar-refractivity contribution in [2.75, 3.05) is 12.3 Å². The lowest BCUT2D eigenvalue weighted by Gasteiger charge is -1.97. The van der Waals surface area contributed by atoms with Gasteiger partial charge < -0.3 is 4.42 Å². The minimum atomic E-state index is 0.451. The van der Waals surface area contributed by atoms with Gasteiger partial charge in [-0.25, -0.2) is 4.98 Å². The SMILES string of the molecule is C1=CP2CCC1C2.c1cocn1. The van der Waals surface area contributed by atoms with Crippen LogP contribution in [0.4, 0.5) is 0 Å². The van der Waals surface area contributed by atoms with Crippen molar-refractivity contribution in [2.45, 2.75) is 6.42 Å². The molecule has 1 saturated heterocycles. The summed E-state index contributed by atoms with van der Waals surface area (Å²) < 4.78 is 4.47. The van der Waals surface area contributed by atoms with Gasteiger partial charge in [0.2, 0.25) is 0 Å². The van der Waals surface area contributed by atoms with Gasteiger partial charge in [0, 0.05) is 0 Å². The number of hydrogen-bond donors (Lipinski definition) is 0. The zero-order valence-corrected chi connectivity index (χ0v) is 7.78. The van der Waals surface area contributed by atoms with Gasteiger partial charge in [0.25, 0.3) is 0 Å². The van der Waals surface area contributed by atoms with Crippen molar-refractivity contribution in [3.8, 4) is 0 Å². The van der Waals surface area contributed by atoms with Crippen LogP contribution in [0.15, 0.2) is 35.2 Å². The molecular formula is C9H12NOP. The summed E-state index contributed by atoms with van der Waals surface area (Å²) >= 11 is 0. The fourth-order valence-corrected chi connectivity index (χ4v) is 4.04. The summed E-state index contributed by atoms with van der Waals surface area (Å²) in [6.07, 6.45) is 11.5. The number of allylic oxidation sites excluding steroid dienone is 1. The lowest BCUT2D eigenvalue weighted by Crippen LogP contribution is -1.87. The number of aromatic nitrogens is 1. The van der Waals surface area contributed by atoms with Crippen LogP contribution in [0, 0.1) is 5.92 Å². The van der Waals surface area contributed by atoms with Gasteiger partial charge in [0.1, 0.15) is 6.26 Å². The van der Waals surface area contributed by atoms with Crippen molar-refractivity contribution >= 4 is 7.92 Å². The van der Waals surface area contributed by atoms with Crippen LogP contribution in [0.2, 0.25) is 0 Å². The Morgan fingerprint density at radius 1 is 1.50 bits per heavy atom. The molecule has 0 aliphatic carbocycles. The van der Waals surface area contributed by atoms with Crippen LogP contribution in [0.3, 0.4) is 0 Å². The largest absolute Gasteiger partial charge is 0.452 e. The van der Waals surface area contributed by atoms with E-state index in [0.717, 1.165) is 5.92 Å². The first-order valence-electron chi connectivity index (χ1n) is 4.19. The van der Waals surface area contributed by atoms with E-state index in [1.807, 2.05) is 0 Å². The Balaban J connectivity index is 0.000000100. The quantitative estimate of drug-likeness (QED) is 0.575. The summed E-state index contributed by atoms with van der Waals surface area (Å²) in [4.78, 5) is 3.56. The van der Waals surface area contributed by atoms with Crippen LogP contribution in [-0.4, -0.2) is 17.3 Å². The first-order valence-corrected chi connectivity index (χ1v) is 5.98. The molecule has 2 bridgehead atoms. The fraction of sp³-hybridized carbons (Fsp3) is 0.444. The first kappa shape index (κ1) is 8.00. The summed E-state index contributed by atoms with van der Waals surface area (Å²) in [5.41, 5.74) is 0. The molecule has 0 amide bonds. The van der Waals surface area contributed by atoms with E-state index in [0.29, 0.717) is 7.92 Å². The highest BCUT2D eigenvalue weighted by molar-refractivity contribution is 7.61. The first-order chi connectivity index (χ1) is 5.95. The molecule has 2 aliphatic rings. The van der Waals surface area contributed by atoms with Crippen LogP contribution in [0.25, 0.3) is 0 Å². The molecule has 0 radical (unpaired) electrons. The lowest BCUT2D eigenvalue weighted by molar-refractivity contribution is 0.558. The van der Waals surface area contributed by atoms with Crippen molar-refractivity contribution in [3.05, 3.63) is 30.7 Å². The third-order valence-corrected chi connectivity index (χ3v) is 4.54. The van der Waals surface area contributed by atoms with E-state index in [9.17, 15) is 0 Å². The van der Waals surface area contributed by atoms with E-state index in [1.54, 1.807) is 6.20 Å². The van der Waals surface area contributed by atoms with Gasteiger partial charge in [-0.15, -0.1) is 0 Å². The number of rotatable bonds is 0. The predicted molar refractivity (Wildman–Crippen MR) is 50.4 cm³/mol. The minimum Gasteiger partial charge on any atom is -0.452 e. The second-order valence-corrected chi connectivity index (χ2v) is 5.35. The third-order valence-electron chi connectivity index (χ3n) is 2.17. The monoisotopic (exact) mass is 181 g/mol. The third kappa shape index (κ3) is 1.95. The van der Waals surface area contributed by atoms with Crippen molar-refractivity contribution < 1.29 is 4.42 Å². The summed E-state index contributed by atoms with van der Waals surface area (Å²) in [6, 6.07) is 0. The summed E-state index contributed by atoms with van der Waals surface area (Å²) in [5, 5.41) is 0. The molecule has 3 heterocycles. The minimum absolute atomic E-state index is 0.451. The Labute approximate surface area is 73.4 Å². The maximum Gasteiger partial charge on any atom is 0.180 e. The highest BCUT2D eigenvalue weighted by atomic mass is 31.1. The Kier molecular flexibility index (Phi) is 2.57. The molecule has 12 heavy (non-hydrogen) atoms. The number of oxazole rings is 1. The molecule has 2 unspecified atom stereocenters. The zero-order chi connectivity index (χ0) is 8.23. The van der Waals surface area contributed by atoms with Crippen molar-refractivity contribution in [3.63, 3.8) is 0 Å². The summed E-state index contributed by atoms with van der Waals surface area (Å²) in [6.45, 7) is 0. The smallest absolute Gasteiger partial charge is 0.180 e. The standard InChI is InChI=1S/C6H9P.C3H3NO/c1-3-7-4-2-6(1)5-7;1-2-5-3-4-1/h1,3,6H,2,4-5H2;1-3H. The normalized spacial score (nSPS) is 30.0. The molecule has 0 aromatic carbocycles. The molecule has 2 nitrogen and oxygen atoms in total. The highest BCUT2D eigenvalue weighted by Crippen LogP contribution is 2.53. The Bertz CT molecular complexity index is 216. The van der Waals surface area contributed by atoms with Gasteiger partial charge in [-0.05, 0) is 24.7 Å². The van der Waals surface area contributed by atoms with Crippen molar-refractivity contribution in [1.29, 1.82) is 0 Å². The van der Waals surface area contributed by atoms with E-state index in [4.69, 9.17) is 0 Å². The number of hydrogen-bond acceptors (Lipinski definition) is 2. The predicted octanol–water partition coefficient (Wildman–Crippen LogP) is 2.69. The van der Waals surface area contributed by atoms with Gasteiger partial charge in [0.05, 0.1) is 6.20 Å². The van der Waals surface area contributed by atoms with Crippen LogP contribution >= 0.6 is 7.92 Å². The van der Waals surface area contributed by atoms with Crippen LogP contribution < -0.4 is 0 Å². The topological polar surface area (TPSA) is 26.0 Å². The fourth-order valence-electron chi connectivity index (χ4n) is 1.53. The Hall–Kier alpha value is -0.620. The summed E-state index contributed by atoms with van der Waals surface area (Å²) in [7, 11) is 0.451. The van der Waals surface area contributed by atoms with Crippen LogP contribution in [0.5, 0.6) is 0 Å². The van der Waals surface area contributed by atoms with Crippen molar-refractivity contribution in [2.24, 2.45) is 5.92 Å². The second-order valence-electron chi connectivity index (χ2n) is 3.06. The molecule has 2 aliphatic heterocycles.